The van der Waals surface area contributed by atoms with Crippen LogP contribution in [0, 0.1) is 0 Å². The molecule has 0 aliphatic heterocycles. The van der Waals surface area contributed by atoms with E-state index >= 15 is 0 Å². The van der Waals surface area contributed by atoms with Crippen LogP contribution in [0.1, 0.15) is 42.4 Å². The first kappa shape index (κ1) is 31.3. The Hall–Kier alpha value is -4.28. The molecular weight excluding hydrogens is 547 g/mol. The van der Waals surface area contributed by atoms with Gasteiger partial charge in [-0.3, -0.25) is 0 Å². The molecule has 0 spiro atoms. The number of benzene rings is 3. The molecule has 3 rings (SSSR count). The molecule has 0 aliphatic rings. The number of halogens is 5. The van der Waals surface area contributed by atoms with E-state index in [4.69, 9.17) is 25.7 Å². The van der Waals surface area contributed by atoms with Crippen LogP contribution in [0.5, 0.6) is 11.5 Å². The molecule has 6 nitrogen and oxygen atoms in total. The first-order chi connectivity index (χ1) is 19.4. The third-order valence-electron chi connectivity index (χ3n) is 5.86. The number of carbonyl (C=O) groups is 1. The molecule has 0 atom stereocenters. The SMILES string of the molecule is Nc1ccc(CCCCOC(=O)/C=C/c2ccc(OC(F)(F)c3ccc(OCCCC(F)(F)F)cc3)cc2)c(N)c1. The number of esters is 1. The lowest BCUT2D eigenvalue weighted by Crippen LogP contribution is -2.21. The second-order valence-electron chi connectivity index (χ2n) is 9.20. The number of anilines is 2. The summed E-state index contributed by atoms with van der Waals surface area (Å²) >= 11 is 0. The topological polar surface area (TPSA) is 96.8 Å². The lowest BCUT2D eigenvalue weighted by molar-refractivity contribution is -0.185. The summed E-state index contributed by atoms with van der Waals surface area (Å²) in [6.45, 7) is 0.0522. The first-order valence-electron chi connectivity index (χ1n) is 12.9. The van der Waals surface area contributed by atoms with Crippen molar-refractivity contribution >= 4 is 23.4 Å². The molecule has 3 aromatic carbocycles. The molecule has 0 fully saturated rings. The van der Waals surface area contributed by atoms with Crippen LogP contribution < -0.4 is 20.9 Å². The van der Waals surface area contributed by atoms with Gasteiger partial charge in [0.25, 0.3) is 0 Å². The van der Waals surface area contributed by atoms with Gasteiger partial charge in [0.2, 0.25) is 0 Å². The van der Waals surface area contributed by atoms with E-state index in [-0.39, 0.29) is 31.1 Å². The van der Waals surface area contributed by atoms with Gasteiger partial charge < -0.3 is 25.7 Å². The highest BCUT2D eigenvalue weighted by Gasteiger charge is 2.34. The van der Waals surface area contributed by atoms with Crippen molar-refractivity contribution in [3.63, 3.8) is 0 Å². The first-order valence-corrected chi connectivity index (χ1v) is 12.9. The molecular formula is C30H31F5N2O4. The number of hydrogen-bond donors (Lipinski definition) is 2. The van der Waals surface area contributed by atoms with Gasteiger partial charge in [0, 0.05) is 23.9 Å². The van der Waals surface area contributed by atoms with Gasteiger partial charge in [-0.25, -0.2) is 4.79 Å². The van der Waals surface area contributed by atoms with Gasteiger partial charge in [0.15, 0.2) is 0 Å². The van der Waals surface area contributed by atoms with Crippen molar-refractivity contribution < 1.29 is 41.0 Å². The van der Waals surface area contributed by atoms with Gasteiger partial charge in [-0.1, -0.05) is 18.2 Å². The van der Waals surface area contributed by atoms with Crippen molar-refractivity contribution in [1.82, 2.24) is 0 Å². The summed E-state index contributed by atoms with van der Waals surface area (Å²) in [5, 5.41) is 0. The summed E-state index contributed by atoms with van der Waals surface area (Å²) < 4.78 is 80.9. The predicted molar refractivity (Wildman–Crippen MR) is 146 cm³/mol. The van der Waals surface area contributed by atoms with Gasteiger partial charge >= 0.3 is 18.3 Å². The van der Waals surface area contributed by atoms with E-state index in [0.29, 0.717) is 23.4 Å². The van der Waals surface area contributed by atoms with Crippen LogP contribution in [-0.4, -0.2) is 25.4 Å². The molecule has 3 aromatic rings. The lowest BCUT2D eigenvalue weighted by Gasteiger charge is -2.18. The average Bonchev–Trinajstić information content (AvgIpc) is 2.91. The molecule has 0 saturated heterocycles. The fourth-order valence-electron chi connectivity index (χ4n) is 3.71. The summed E-state index contributed by atoms with van der Waals surface area (Å²) in [6, 6.07) is 15.7. The maximum atomic E-state index is 14.6. The van der Waals surface area contributed by atoms with E-state index < -0.39 is 30.2 Å². The highest BCUT2D eigenvalue weighted by Crippen LogP contribution is 2.33. The molecule has 0 radical (unpaired) electrons. The van der Waals surface area contributed by atoms with Crippen molar-refractivity contribution in [3.05, 3.63) is 89.5 Å². The molecule has 41 heavy (non-hydrogen) atoms. The zero-order chi connectivity index (χ0) is 29.9. The Bertz CT molecular complexity index is 1290. The Morgan fingerprint density at radius 2 is 1.49 bits per heavy atom. The number of alkyl halides is 5. The molecule has 11 heteroatoms. The Morgan fingerprint density at radius 3 is 2.15 bits per heavy atom. The number of hydrogen-bond acceptors (Lipinski definition) is 6. The number of unbranched alkanes of at least 4 members (excludes halogenated alkanes) is 1. The van der Waals surface area contributed by atoms with Crippen molar-refractivity contribution in [2.75, 3.05) is 24.7 Å². The van der Waals surface area contributed by atoms with Crippen LogP contribution in [0.2, 0.25) is 0 Å². The molecule has 0 bridgehead atoms. The number of rotatable bonds is 14. The smallest absolute Gasteiger partial charge is 0.426 e. The Labute approximate surface area is 234 Å². The van der Waals surface area contributed by atoms with Gasteiger partial charge in [-0.15, -0.1) is 0 Å². The van der Waals surface area contributed by atoms with Crippen molar-refractivity contribution in [3.8, 4) is 11.5 Å². The lowest BCUT2D eigenvalue weighted by atomic mass is 10.1. The molecule has 0 unspecified atom stereocenters. The second-order valence-corrected chi connectivity index (χ2v) is 9.20. The number of nitrogen functional groups attached to an aromatic ring is 2. The van der Waals surface area contributed by atoms with Gasteiger partial charge in [-0.05, 0) is 91.4 Å². The minimum Gasteiger partial charge on any atom is -0.494 e. The number of nitrogens with two attached hydrogens (primary N) is 2. The van der Waals surface area contributed by atoms with Crippen LogP contribution in [0.15, 0.2) is 72.8 Å². The van der Waals surface area contributed by atoms with Crippen LogP contribution in [0.25, 0.3) is 6.08 Å². The zero-order valence-corrected chi connectivity index (χ0v) is 22.1. The van der Waals surface area contributed by atoms with E-state index in [1.54, 1.807) is 12.1 Å². The maximum absolute atomic E-state index is 14.6. The second kappa shape index (κ2) is 14.4. The Kier molecular flexibility index (Phi) is 11.0. The van der Waals surface area contributed by atoms with Gasteiger partial charge in [0.05, 0.1) is 18.8 Å². The van der Waals surface area contributed by atoms with Gasteiger partial charge in [-0.2, -0.15) is 22.0 Å². The molecule has 0 aromatic heterocycles. The quantitative estimate of drug-likeness (QED) is 0.0686. The molecule has 220 valence electrons. The molecule has 4 N–H and O–H groups in total. The molecule has 0 amide bonds. The monoisotopic (exact) mass is 578 g/mol. The highest BCUT2D eigenvalue weighted by atomic mass is 19.4. The zero-order valence-electron chi connectivity index (χ0n) is 22.1. The normalized spacial score (nSPS) is 11.9. The third-order valence-corrected chi connectivity index (χ3v) is 5.86. The third kappa shape index (κ3) is 11.0. The fourth-order valence-corrected chi connectivity index (χ4v) is 3.71. The fraction of sp³-hybridized carbons (Fsp3) is 0.300. The van der Waals surface area contributed by atoms with Gasteiger partial charge in [0.1, 0.15) is 11.5 Å². The Balaban J connectivity index is 1.40. The average molecular weight is 579 g/mol. The highest BCUT2D eigenvalue weighted by molar-refractivity contribution is 5.87. The Morgan fingerprint density at radius 1 is 0.805 bits per heavy atom. The molecule has 0 aliphatic carbocycles. The minimum absolute atomic E-state index is 0.107. The molecule has 0 heterocycles. The van der Waals surface area contributed by atoms with E-state index in [9.17, 15) is 26.7 Å². The van der Waals surface area contributed by atoms with E-state index in [1.807, 2.05) is 6.07 Å². The van der Waals surface area contributed by atoms with Crippen LogP contribution >= 0.6 is 0 Å². The number of carbonyl (C=O) groups excluding carboxylic acids is 1. The maximum Gasteiger partial charge on any atom is 0.426 e. The molecule has 0 saturated carbocycles. The van der Waals surface area contributed by atoms with Crippen LogP contribution in [0.4, 0.5) is 33.3 Å². The van der Waals surface area contributed by atoms with Crippen molar-refractivity contribution in [1.29, 1.82) is 0 Å². The number of aryl methyl sites for hydroxylation is 1. The summed E-state index contributed by atoms with van der Waals surface area (Å²) in [4.78, 5) is 12.0. The van der Waals surface area contributed by atoms with E-state index in [2.05, 4.69) is 0 Å². The predicted octanol–water partition coefficient (Wildman–Crippen LogP) is 7.28. The van der Waals surface area contributed by atoms with Crippen LogP contribution in [0.3, 0.4) is 0 Å². The summed E-state index contributed by atoms with van der Waals surface area (Å²) in [7, 11) is 0. The summed E-state index contributed by atoms with van der Waals surface area (Å²) in [6.07, 6.45) is -4.26. The largest absolute Gasteiger partial charge is 0.494 e. The standard InChI is InChI=1S/C30H31F5N2O4/c31-29(32,33)17-3-19-39-25-14-9-23(10-15-25)30(34,35)41-26-12-5-21(6-13-26)7-16-28(38)40-18-2-1-4-22-8-11-24(36)20-27(22)37/h5-16,20H,1-4,17-19,36-37H2/b16-7+. The number of ether oxygens (including phenoxy) is 3. The van der Waals surface area contributed by atoms with E-state index in [1.165, 1.54) is 48.6 Å². The minimum atomic E-state index is -4.27. The van der Waals surface area contributed by atoms with Crippen LogP contribution in [-0.2, 0) is 22.1 Å². The summed E-state index contributed by atoms with van der Waals surface area (Å²) in [5.41, 5.74) is 14.0. The summed E-state index contributed by atoms with van der Waals surface area (Å²) in [5.74, 6) is -0.467. The van der Waals surface area contributed by atoms with Crippen molar-refractivity contribution in [2.24, 2.45) is 0 Å². The van der Waals surface area contributed by atoms with E-state index in [0.717, 1.165) is 30.5 Å². The van der Waals surface area contributed by atoms with Crippen molar-refractivity contribution in [2.45, 2.75) is 44.4 Å².